The van der Waals surface area contributed by atoms with Crippen molar-refractivity contribution >= 4 is 15.9 Å². The molecule has 0 saturated carbocycles. The maximum atomic E-state index is 12.7. The Morgan fingerprint density at radius 1 is 1.06 bits per heavy atom. The van der Waals surface area contributed by atoms with Crippen LogP contribution in [0, 0.1) is 12.7 Å². The van der Waals surface area contributed by atoms with Gasteiger partial charge in [-0.15, -0.1) is 0 Å². The smallest absolute Gasteiger partial charge is 0.141 e. The molecule has 0 saturated heterocycles. The van der Waals surface area contributed by atoms with Crippen LogP contribution < -0.4 is 4.74 Å². The fourth-order valence-corrected chi connectivity index (χ4v) is 1.89. The van der Waals surface area contributed by atoms with Gasteiger partial charge in [-0.25, -0.2) is 4.39 Å². The first-order valence-corrected chi connectivity index (χ1v) is 5.64. The number of aryl methyl sites for hydroxylation is 1. The molecule has 0 fully saturated rings. The molecule has 0 heterocycles. The van der Waals surface area contributed by atoms with Gasteiger partial charge in [0.1, 0.15) is 17.3 Å². The average molecular weight is 281 g/mol. The predicted octanol–water partition coefficient (Wildman–Crippen LogP) is 4.69. The summed E-state index contributed by atoms with van der Waals surface area (Å²) >= 11 is 3.42. The van der Waals surface area contributed by atoms with E-state index in [0.717, 1.165) is 15.8 Å². The molecule has 0 bridgehead atoms. The van der Waals surface area contributed by atoms with Crippen LogP contribution in [0.5, 0.6) is 11.5 Å². The highest BCUT2D eigenvalue weighted by Crippen LogP contribution is 2.30. The Hall–Kier alpha value is -1.35. The fourth-order valence-electron chi connectivity index (χ4n) is 1.32. The molecule has 2 rings (SSSR count). The normalized spacial score (nSPS) is 10.2. The number of hydrogen-bond acceptors (Lipinski definition) is 1. The number of ether oxygens (including phenoxy) is 1. The van der Waals surface area contributed by atoms with Crippen LogP contribution in [-0.2, 0) is 0 Å². The van der Waals surface area contributed by atoms with Crippen molar-refractivity contribution in [2.45, 2.75) is 6.92 Å². The van der Waals surface area contributed by atoms with Crippen LogP contribution >= 0.6 is 15.9 Å². The highest BCUT2D eigenvalue weighted by atomic mass is 79.9. The van der Waals surface area contributed by atoms with Gasteiger partial charge >= 0.3 is 0 Å². The monoisotopic (exact) mass is 280 g/mol. The van der Waals surface area contributed by atoms with Gasteiger partial charge in [0.15, 0.2) is 0 Å². The van der Waals surface area contributed by atoms with Crippen LogP contribution in [-0.4, -0.2) is 0 Å². The van der Waals surface area contributed by atoms with Gasteiger partial charge in [0.05, 0.1) is 4.47 Å². The van der Waals surface area contributed by atoms with Crippen molar-refractivity contribution in [2.24, 2.45) is 0 Å². The van der Waals surface area contributed by atoms with E-state index in [1.54, 1.807) is 12.1 Å². The zero-order valence-corrected chi connectivity index (χ0v) is 10.3. The molecule has 0 radical (unpaired) electrons. The quantitative estimate of drug-likeness (QED) is 0.776. The molecule has 82 valence electrons. The minimum atomic E-state index is -0.268. The first-order chi connectivity index (χ1) is 7.65. The Balaban J connectivity index is 2.23. The Morgan fingerprint density at radius 3 is 2.38 bits per heavy atom. The van der Waals surface area contributed by atoms with Gasteiger partial charge in [0.2, 0.25) is 0 Å². The summed E-state index contributed by atoms with van der Waals surface area (Å²) in [6.45, 7) is 2.01. The van der Waals surface area contributed by atoms with E-state index in [1.807, 2.05) is 25.1 Å². The summed E-state index contributed by atoms with van der Waals surface area (Å²) < 4.78 is 19.2. The van der Waals surface area contributed by atoms with Crippen molar-refractivity contribution in [3.8, 4) is 11.5 Å². The van der Waals surface area contributed by atoms with Gasteiger partial charge in [-0.05, 0) is 64.8 Å². The number of halogens is 2. The summed E-state index contributed by atoms with van der Waals surface area (Å²) in [6, 6.07) is 11.8. The minimum Gasteiger partial charge on any atom is -0.456 e. The molecular formula is C13H10BrFO. The Kier molecular flexibility index (Phi) is 3.25. The van der Waals surface area contributed by atoms with Gasteiger partial charge in [0.25, 0.3) is 0 Å². The van der Waals surface area contributed by atoms with Crippen molar-refractivity contribution in [1.82, 2.24) is 0 Å². The molecule has 0 amide bonds. The Bertz CT molecular complexity index is 494. The van der Waals surface area contributed by atoms with Gasteiger partial charge in [-0.1, -0.05) is 6.07 Å². The molecule has 0 atom stereocenters. The molecule has 2 aromatic rings. The lowest BCUT2D eigenvalue weighted by molar-refractivity contribution is 0.477. The molecule has 3 heteroatoms. The van der Waals surface area contributed by atoms with Crippen molar-refractivity contribution in [2.75, 3.05) is 0 Å². The van der Waals surface area contributed by atoms with E-state index in [2.05, 4.69) is 15.9 Å². The topological polar surface area (TPSA) is 9.23 Å². The van der Waals surface area contributed by atoms with E-state index in [9.17, 15) is 4.39 Å². The van der Waals surface area contributed by atoms with E-state index in [4.69, 9.17) is 4.74 Å². The highest BCUT2D eigenvalue weighted by Gasteiger charge is 2.02. The fraction of sp³-hybridized carbons (Fsp3) is 0.0769. The Labute approximate surface area is 102 Å². The second-order valence-corrected chi connectivity index (χ2v) is 4.34. The zero-order valence-electron chi connectivity index (χ0n) is 8.71. The minimum absolute atomic E-state index is 0.268. The van der Waals surface area contributed by atoms with Crippen molar-refractivity contribution < 1.29 is 9.13 Å². The molecule has 0 unspecified atom stereocenters. The zero-order chi connectivity index (χ0) is 11.5. The van der Waals surface area contributed by atoms with Gasteiger partial charge in [-0.2, -0.15) is 0 Å². The van der Waals surface area contributed by atoms with Gasteiger partial charge in [-0.3, -0.25) is 0 Å². The first kappa shape index (κ1) is 11.1. The molecule has 16 heavy (non-hydrogen) atoms. The molecule has 0 spiro atoms. The van der Waals surface area contributed by atoms with Crippen LogP contribution in [0.25, 0.3) is 0 Å². The molecule has 0 aliphatic rings. The third-order valence-corrected chi connectivity index (χ3v) is 2.75. The first-order valence-electron chi connectivity index (χ1n) is 4.85. The van der Waals surface area contributed by atoms with E-state index < -0.39 is 0 Å². The summed E-state index contributed by atoms with van der Waals surface area (Å²) in [4.78, 5) is 0. The van der Waals surface area contributed by atoms with Gasteiger partial charge < -0.3 is 4.74 Å². The molecule has 0 aliphatic heterocycles. The van der Waals surface area contributed by atoms with E-state index >= 15 is 0 Å². The molecule has 2 aromatic carbocycles. The molecule has 1 nitrogen and oxygen atoms in total. The van der Waals surface area contributed by atoms with Gasteiger partial charge in [0, 0.05) is 0 Å². The summed E-state index contributed by atoms with van der Waals surface area (Å²) in [5, 5.41) is 0. The largest absolute Gasteiger partial charge is 0.456 e. The molecule has 0 aromatic heterocycles. The van der Waals surface area contributed by atoms with E-state index in [1.165, 1.54) is 12.1 Å². The maximum Gasteiger partial charge on any atom is 0.141 e. The van der Waals surface area contributed by atoms with Crippen molar-refractivity contribution in [1.29, 1.82) is 0 Å². The SMILES string of the molecule is Cc1ccc(Oc2ccc(F)cc2)c(Br)c1. The summed E-state index contributed by atoms with van der Waals surface area (Å²) in [6.07, 6.45) is 0. The second kappa shape index (κ2) is 4.66. The summed E-state index contributed by atoms with van der Waals surface area (Å²) in [7, 11) is 0. The second-order valence-electron chi connectivity index (χ2n) is 3.49. The number of benzene rings is 2. The molecular weight excluding hydrogens is 271 g/mol. The third kappa shape index (κ3) is 2.61. The van der Waals surface area contributed by atoms with Crippen LogP contribution in [0.3, 0.4) is 0 Å². The maximum absolute atomic E-state index is 12.7. The van der Waals surface area contributed by atoms with E-state index in [-0.39, 0.29) is 5.82 Å². The summed E-state index contributed by atoms with van der Waals surface area (Å²) in [5.74, 6) is 1.07. The predicted molar refractivity (Wildman–Crippen MR) is 65.4 cm³/mol. The molecule has 0 aliphatic carbocycles. The number of rotatable bonds is 2. The van der Waals surface area contributed by atoms with E-state index in [0.29, 0.717) is 5.75 Å². The Morgan fingerprint density at radius 2 is 1.75 bits per heavy atom. The lowest BCUT2D eigenvalue weighted by Crippen LogP contribution is -1.86. The van der Waals surface area contributed by atoms with Crippen LogP contribution in [0.15, 0.2) is 46.9 Å². The lowest BCUT2D eigenvalue weighted by Gasteiger charge is -2.08. The van der Waals surface area contributed by atoms with Crippen LogP contribution in [0.2, 0.25) is 0 Å². The summed E-state index contributed by atoms with van der Waals surface area (Å²) in [5.41, 5.74) is 1.15. The molecule has 0 N–H and O–H groups in total. The van der Waals surface area contributed by atoms with Crippen LogP contribution in [0.1, 0.15) is 5.56 Å². The highest BCUT2D eigenvalue weighted by molar-refractivity contribution is 9.10. The average Bonchev–Trinajstić information content (AvgIpc) is 2.25. The standard InChI is InChI=1S/C13H10BrFO/c1-9-2-7-13(12(14)8-9)16-11-5-3-10(15)4-6-11/h2-8H,1H3. The lowest BCUT2D eigenvalue weighted by atomic mass is 10.2. The van der Waals surface area contributed by atoms with Crippen molar-refractivity contribution in [3.05, 3.63) is 58.3 Å². The third-order valence-electron chi connectivity index (χ3n) is 2.13. The van der Waals surface area contributed by atoms with Crippen molar-refractivity contribution in [3.63, 3.8) is 0 Å². The number of hydrogen-bond donors (Lipinski definition) is 0. The van der Waals surface area contributed by atoms with Crippen LogP contribution in [0.4, 0.5) is 4.39 Å².